The SMILES string of the molecule is CC1(C)OB(c2ccc(N)c(C=[NH2+])c2)OC1(C)C. The van der Waals surface area contributed by atoms with Crippen LogP contribution in [-0.2, 0) is 9.31 Å². The van der Waals surface area contributed by atoms with Gasteiger partial charge in [0.2, 0.25) is 0 Å². The van der Waals surface area contributed by atoms with Gasteiger partial charge in [0.1, 0.15) is 0 Å². The smallest absolute Gasteiger partial charge is 0.399 e. The van der Waals surface area contributed by atoms with Crippen LogP contribution in [0.4, 0.5) is 5.69 Å². The van der Waals surface area contributed by atoms with E-state index in [-0.39, 0.29) is 18.3 Å². The standard InChI is InChI=1S/C13H19BN2O2/c1-12(2)13(3,4)18-14(17-12)10-5-6-11(16)9(7-10)8-15/h5-8,15H,16H2,1-4H3/p+1. The Morgan fingerprint density at radius 1 is 1.17 bits per heavy atom. The van der Waals surface area contributed by atoms with Gasteiger partial charge in [-0.1, -0.05) is 6.07 Å². The molecule has 1 heterocycles. The highest BCUT2D eigenvalue weighted by atomic mass is 16.7. The second-order valence-electron chi connectivity index (χ2n) is 5.64. The van der Waals surface area contributed by atoms with Gasteiger partial charge in [0.05, 0.1) is 16.8 Å². The lowest BCUT2D eigenvalue weighted by molar-refractivity contribution is -0.104. The summed E-state index contributed by atoms with van der Waals surface area (Å²) in [6.45, 7) is 8.11. The predicted molar refractivity (Wildman–Crippen MR) is 73.7 cm³/mol. The van der Waals surface area contributed by atoms with E-state index in [9.17, 15) is 0 Å². The third-order valence-electron chi connectivity index (χ3n) is 3.82. The number of rotatable bonds is 2. The highest BCUT2D eigenvalue weighted by molar-refractivity contribution is 6.62. The maximum Gasteiger partial charge on any atom is 0.494 e. The number of benzene rings is 1. The molecule has 4 nitrogen and oxygen atoms in total. The molecule has 2 rings (SSSR count). The lowest BCUT2D eigenvalue weighted by Crippen LogP contribution is -2.41. The van der Waals surface area contributed by atoms with E-state index in [0.717, 1.165) is 11.0 Å². The van der Waals surface area contributed by atoms with Crippen LogP contribution in [-0.4, -0.2) is 24.5 Å². The molecule has 1 aliphatic rings. The zero-order valence-corrected chi connectivity index (χ0v) is 11.4. The van der Waals surface area contributed by atoms with Crippen molar-refractivity contribution in [1.82, 2.24) is 0 Å². The van der Waals surface area contributed by atoms with Crippen LogP contribution >= 0.6 is 0 Å². The highest BCUT2D eigenvalue weighted by Gasteiger charge is 2.51. The molecule has 1 aromatic carbocycles. The van der Waals surface area contributed by atoms with Crippen LogP contribution in [0.3, 0.4) is 0 Å². The van der Waals surface area contributed by atoms with Crippen LogP contribution in [0.1, 0.15) is 33.3 Å². The van der Waals surface area contributed by atoms with Gasteiger partial charge >= 0.3 is 7.12 Å². The van der Waals surface area contributed by atoms with E-state index in [4.69, 9.17) is 20.5 Å². The Labute approximate surface area is 108 Å². The molecular weight excluding hydrogens is 227 g/mol. The van der Waals surface area contributed by atoms with Crippen molar-refractivity contribution < 1.29 is 14.7 Å². The van der Waals surface area contributed by atoms with E-state index in [1.54, 1.807) is 0 Å². The van der Waals surface area contributed by atoms with Crippen LogP contribution in [0.5, 0.6) is 0 Å². The van der Waals surface area contributed by atoms with E-state index in [1.165, 1.54) is 6.21 Å². The number of hydrogen-bond donors (Lipinski definition) is 2. The zero-order chi connectivity index (χ0) is 13.6. The summed E-state index contributed by atoms with van der Waals surface area (Å²) >= 11 is 0. The quantitative estimate of drug-likeness (QED) is 0.430. The fourth-order valence-corrected chi connectivity index (χ4v) is 1.86. The van der Waals surface area contributed by atoms with E-state index in [1.807, 2.05) is 45.9 Å². The number of hydrogen-bond acceptors (Lipinski definition) is 3. The molecule has 1 fully saturated rings. The zero-order valence-electron chi connectivity index (χ0n) is 11.4. The maximum absolute atomic E-state index is 5.97. The van der Waals surface area contributed by atoms with Gasteiger partial charge in [0.15, 0.2) is 6.21 Å². The number of anilines is 1. The van der Waals surface area contributed by atoms with Crippen LogP contribution in [0.15, 0.2) is 18.2 Å². The van der Waals surface area contributed by atoms with E-state index in [0.29, 0.717) is 5.69 Å². The average molecular weight is 247 g/mol. The number of nitrogen functional groups attached to an aromatic ring is 1. The predicted octanol–water partition coefficient (Wildman–Crippen LogP) is -0.254. The van der Waals surface area contributed by atoms with Crippen molar-refractivity contribution in [3.05, 3.63) is 23.8 Å². The molecule has 0 unspecified atom stereocenters. The van der Waals surface area contributed by atoms with Crippen molar-refractivity contribution in [3.8, 4) is 0 Å². The van der Waals surface area contributed by atoms with Gasteiger partial charge in [0.25, 0.3) is 0 Å². The van der Waals surface area contributed by atoms with E-state index < -0.39 is 0 Å². The molecule has 1 aliphatic heterocycles. The third-order valence-corrected chi connectivity index (χ3v) is 3.82. The van der Waals surface area contributed by atoms with Crippen molar-refractivity contribution in [2.75, 3.05) is 5.73 Å². The Morgan fingerprint density at radius 2 is 1.72 bits per heavy atom. The molecule has 0 spiro atoms. The van der Waals surface area contributed by atoms with E-state index in [2.05, 4.69) is 0 Å². The topological polar surface area (TPSA) is 70.1 Å². The molecule has 0 bridgehead atoms. The van der Waals surface area contributed by atoms with Gasteiger partial charge < -0.3 is 15.0 Å². The summed E-state index contributed by atoms with van der Waals surface area (Å²) in [5.41, 5.74) is 7.50. The Balaban J connectivity index is 2.32. The Morgan fingerprint density at radius 3 is 2.22 bits per heavy atom. The van der Waals surface area contributed by atoms with Gasteiger partial charge in [-0.25, -0.2) is 0 Å². The van der Waals surface area contributed by atoms with Gasteiger partial charge in [-0.05, 0) is 45.3 Å². The Bertz CT molecular complexity index is 470. The summed E-state index contributed by atoms with van der Waals surface area (Å²) in [4.78, 5) is 0. The fraction of sp³-hybridized carbons (Fsp3) is 0.462. The van der Waals surface area contributed by atoms with Crippen molar-refractivity contribution in [2.45, 2.75) is 38.9 Å². The monoisotopic (exact) mass is 247 g/mol. The van der Waals surface area contributed by atoms with Crippen molar-refractivity contribution in [2.24, 2.45) is 0 Å². The summed E-state index contributed by atoms with van der Waals surface area (Å²) < 4.78 is 11.9. The average Bonchev–Trinajstić information content (AvgIpc) is 2.49. The minimum atomic E-state index is -0.380. The van der Waals surface area contributed by atoms with Gasteiger partial charge in [0, 0.05) is 5.69 Å². The molecule has 96 valence electrons. The van der Waals surface area contributed by atoms with Crippen LogP contribution in [0.2, 0.25) is 0 Å². The Kier molecular flexibility index (Phi) is 2.99. The normalized spacial score (nSPS) is 21.0. The lowest BCUT2D eigenvalue weighted by atomic mass is 9.78. The summed E-state index contributed by atoms with van der Waals surface area (Å²) in [6.07, 6.45) is 1.49. The molecule has 0 aromatic heterocycles. The van der Waals surface area contributed by atoms with Crippen LogP contribution in [0.25, 0.3) is 0 Å². The molecular formula is C13H20BN2O2+. The van der Waals surface area contributed by atoms with Crippen LogP contribution < -0.4 is 16.6 Å². The lowest BCUT2D eigenvalue weighted by Gasteiger charge is -2.32. The second kappa shape index (κ2) is 4.11. The summed E-state index contributed by atoms with van der Waals surface area (Å²) in [5, 5.41) is 5.54. The molecule has 1 aromatic rings. The van der Waals surface area contributed by atoms with Crippen molar-refractivity contribution in [1.29, 1.82) is 0 Å². The van der Waals surface area contributed by atoms with Crippen molar-refractivity contribution >= 4 is 24.5 Å². The fourth-order valence-electron chi connectivity index (χ4n) is 1.86. The molecule has 0 amide bonds. The summed E-state index contributed by atoms with van der Waals surface area (Å²) in [5.74, 6) is 0. The van der Waals surface area contributed by atoms with E-state index >= 15 is 0 Å². The molecule has 0 saturated carbocycles. The highest BCUT2D eigenvalue weighted by Crippen LogP contribution is 2.36. The minimum absolute atomic E-state index is 0.342. The second-order valence-corrected chi connectivity index (χ2v) is 5.64. The first kappa shape index (κ1) is 13.1. The first-order chi connectivity index (χ1) is 8.27. The molecule has 4 N–H and O–H groups in total. The molecule has 0 aliphatic carbocycles. The summed E-state index contributed by atoms with van der Waals surface area (Å²) in [7, 11) is -0.380. The first-order valence-electron chi connectivity index (χ1n) is 6.07. The largest absolute Gasteiger partial charge is 0.494 e. The molecule has 18 heavy (non-hydrogen) atoms. The van der Waals surface area contributed by atoms with Crippen LogP contribution in [0, 0.1) is 0 Å². The van der Waals surface area contributed by atoms with Gasteiger partial charge in [-0.15, -0.1) is 0 Å². The summed E-state index contributed by atoms with van der Waals surface area (Å²) in [6, 6.07) is 5.63. The Hall–Kier alpha value is -1.33. The molecule has 0 atom stereocenters. The number of nitrogens with two attached hydrogens (primary N) is 2. The van der Waals surface area contributed by atoms with Gasteiger partial charge in [-0.2, -0.15) is 0 Å². The molecule has 1 saturated heterocycles. The van der Waals surface area contributed by atoms with Gasteiger partial charge in [-0.3, -0.25) is 5.41 Å². The maximum atomic E-state index is 5.97. The molecule has 0 radical (unpaired) electrons. The van der Waals surface area contributed by atoms with Crippen molar-refractivity contribution in [3.63, 3.8) is 0 Å². The first-order valence-corrected chi connectivity index (χ1v) is 6.07. The minimum Gasteiger partial charge on any atom is -0.399 e. The molecule has 5 heteroatoms. The third kappa shape index (κ3) is 2.04.